The van der Waals surface area contributed by atoms with Crippen molar-refractivity contribution < 1.29 is 18.3 Å². The minimum atomic E-state index is -3.37. The molecule has 0 aliphatic rings. The topological polar surface area (TPSA) is 127 Å². The second-order valence-electron chi connectivity index (χ2n) is 6.34. The number of fused-ring (bicyclic) bond motifs is 1. The molecule has 0 unspecified atom stereocenters. The minimum absolute atomic E-state index is 0.0276. The Hall–Kier alpha value is -1.32. The van der Waals surface area contributed by atoms with E-state index in [1.165, 1.54) is 4.68 Å². The Kier molecular flexibility index (Phi) is 6.92. The molecule has 2 rings (SSSR count). The number of hydrogen-bond acceptors (Lipinski definition) is 9. The van der Waals surface area contributed by atoms with Crippen LogP contribution in [0, 0.1) is 0 Å². The molecule has 0 fully saturated rings. The predicted molar refractivity (Wildman–Crippen MR) is 98.0 cm³/mol. The van der Waals surface area contributed by atoms with E-state index in [1.54, 1.807) is 34.6 Å². The highest BCUT2D eigenvalue weighted by Gasteiger charge is 2.29. The van der Waals surface area contributed by atoms with Gasteiger partial charge in [0.1, 0.15) is 6.35 Å². The van der Waals surface area contributed by atoms with Crippen LogP contribution in [0.15, 0.2) is 0 Å². The molecule has 2 aromatic rings. The van der Waals surface area contributed by atoms with E-state index in [2.05, 4.69) is 20.3 Å². The molecule has 0 saturated carbocycles. The Morgan fingerprint density at radius 2 is 1.77 bits per heavy atom. The van der Waals surface area contributed by atoms with Crippen molar-refractivity contribution in [2.24, 2.45) is 0 Å². The van der Waals surface area contributed by atoms with Gasteiger partial charge < -0.3 is 19.5 Å². The highest BCUT2D eigenvalue weighted by Crippen LogP contribution is 2.50. The van der Waals surface area contributed by atoms with Crippen LogP contribution in [-0.2, 0) is 24.9 Å². The molecule has 10 nitrogen and oxygen atoms in total. The van der Waals surface area contributed by atoms with Crippen molar-refractivity contribution in [3.05, 3.63) is 5.15 Å². The van der Waals surface area contributed by atoms with Crippen LogP contribution in [0.1, 0.15) is 34.6 Å². The van der Waals surface area contributed by atoms with Gasteiger partial charge in [-0.05, 0) is 34.6 Å². The summed E-state index contributed by atoms with van der Waals surface area (Å²) in [4.78, 5) is 7.93. The molecular formula is C14H24ClN6O4P. The van der Waals surface area contributed by atoms with Gasteiger partial charge in [0.05, 0.1) is 24.9 Å². The van der Waals surface area contributed by atoms with Crippen LogP contribution in [0.4, 0.5) is 5.95 Å². The number of nitrogen functional groups attached to an aromatic ring is 1. The van der Waals surface area contributed by atoms with E-state index in [1.807, 2.05) is 0 Å². The van der Waals surface area contributed by atoms with Crippen molar-refractivity contribution in [1.82, 2.24) is 25.0 Å². The van der Waals surface area contributed by atoms with Gasteiger partial charge in [0.15, 0.2) is 16.3 Å². The third-order valence-corrected chi connectivity index (χ3v) is 5.24. The third-order valence-electron chi connectivity index (χ3n) is 3.03. The molecule has 2 N–H and O–H groups in total. The van der Waals surface area contributed by atoms with Crippen LogP contribution in [0.3, 0.4) is 0 Å². The molecular weight excluding hydrogens is 383 g/mol. The average Bonchev–Trinajstić information content (AvgIpc) is 2.87. The van der Waals surface area contributed by atoms with E-state index in [-0.39, 0.29) is 35.8 Å². The molecule has 0 amide bonds. The van der Waals surface area contributed by atoms with Crippen molar-refractivity contribution in [3.63, 3.8) is 0 Å². The van der Waals surface area contributed by atoms with Crippen molar-refractivity contribution in [3.8, 4) is 0 Å². The molecule has 26 heavy (non-hydrogen) atoms. The summed E-state index contributed by atoms with van der Waals surface area (Å²) < 4.78 is 30.9. The fourth-order valence-electron chi connectivity index (χ4n) is 2.21. The first-order chi connectivity index (χ1) is 12.1. The first kappa shape index (κ1) is 21.0. The van der Waals surface area contributed by atoms with Gasteiger partial charge in [-0.15, -0.1) is 5.10 Å². The van der Waals surface area contributed by atoms with Crippen molar-refractivity contribution in [2.45, 2.75) is 59.5 Å². The molecule has 0 saturated heterocycles. The Balaban J connectivity index is 2.06. The van der Waals surface area contributed by atoms with Crippen LogP contribution in [0.5, 0.6) is 0 Å². The van der Waals surface area contributed by atoms with Crippen LogP contribution in [-0.4, -0.2) is 49.6 Å². The lowest BCUT2D eigenvalue weighted by Crippen LogP contribution is -2.20. The van der Waals surface area contributed by atoms with Crippen LogP contribution in [0.2, 0.25) is 5.15 Å². The number of anilines is 1. The number of hydrogen-bond donors (Lipinski definition) is 1. The quantitative estimate of drug-likeness (QED) is 0.493. The van der Waals surface area contributed by atoms with Crippen molar-refractivity contribution >= 4 is 36.3 Å². The Bertz CT molecular complexity index is 785. The zero-order valence-electron chi connectivity index (χ0n) is 15.4. The van der Waals surface area contributed by atoms with Gasteiger partial charge in [0, 0.05) is 0 Å². The summed E-state index contributed by atoms with van der Waals surface area (Å²) in [5.74, 6) is 0.0276. The molecule has 146 valence electrons. The molecule has 0 aliphatic carbocycles. The van der Waals surface area contributed by atoms with E-state index in [4.69, 9.17) is 31.1 Å². The Labute approximate surface area is 156 Å². The lowest BCUT2D eigenvalue weighted by molar-refractivity contribution is 0.0529. The molecule has 2 heterocycles. The summed E-state index contributed by atoms with van der Waals surface area (Å²) in [6, 6.07) is 0. The van der Waals surface area contributed by atoms with E-state index in [0.29, 0.717) is 17.7 Å². The number of halogens is 1. The molecule has 0 aliphatic heterocycles. The number of aromatic nitrogens is 5. The average molecular weight is 407 g/mol. The maximum absolute atomic E-state index is 12.8. The fraction of sp³-hybridized carbons (Fsp3) is 0.714. The highest BCUT2D eigenvalue weighted by molar-refractivity contribution is 7.53. The van der Waals surface area contributed by atoms with E-state index in [9.17, 15) is 4.57 Å². The smallest absolute Gasteiger partial charge is 0.356 e. The monoisotopic (exact) mass is 406 g/mol. The van der Waals surface area contributed by atoms with Gasteiger partial charge in [-0.2, -0.15) is 9.97 Å². The zero-order chi connectivity index (χ0) is 19.5. The normalized spacial score (nSPS) is 13.8. The molecule has 0 aromatic carbocycles. The predicted octanol–water partition coefficient (Wildman–Crippen LogP) is 2.86. The second kappa shape index (κ2) is 8.58. The minimum Gasteiger partial charge on any atom is -0.368 e. The largest absolute Gasteiger partial charge is 0.368 e. The molecule has 2 aromatic heterocycles. The lowest BCUT2D eigenvalue weighted by Gasteiger charge is -2.24. The fourth-order valence-corrected chi connectivity index (χ4v) is 4.31. The van der Waals surface area contributed by atoms with Crippen molar-refractivity contribution in [1.29, 1.82) is 0 Å². The Morgan fingerprint density at radius 1 is 1.15 bits per heavy atom. The molecule has 0 radical (unpaired) electrons. The van der Waals surface area contributed by atoms with E-state index in [0.717, 1.165) is 0 Å². The molecule has 1 atom stereocenters. The second-order valence-corrected chi connectivity index (χ2v) is 8.60. The molecule has 12 heteroatoms. The van der Waals surface area contributed by atoms with Gasteiger partial charge >= 0.3 is 7.60 Å². The number of rotatable bonds is 9. The third kappa shape index (κ3) is 5.59. The van der Waals surface area contributed by atoms with Crippen molar-refractivity contribution in [2.75, 3.05) is 12.1 Å². The maximum atomic E-state index is 12.8. The van der Waals surface area contributed by atoms with Crippen LogP contribution < -0.4 is 5.73 Å². The molecule has 0 bridgehead atoms. The maximum Gasteiger partial charge on any atom is 0.356 e. The number of nitrogens with zero attached hydrogens (tertiary/aromatic N) is 5. The molecule has 0 spiro atoms. The lowest BCUT2D eigenvalue weighted by atomic mass is 10.4. The van der Waals surface area contributed by atoms with Crippen LogP contribution >= 0.6 is 19.2 Å². The van der Waals surface area contributed by atoms with Gasteiger partial charge in [-0.25, -0.2) is 4.68 Å². The summed E-state index contributed by atoms with van der Waals surface area (Å²) in [5, 5.41) is 8.06. The van der Waals surface area contributed by atoms with Gasteiger partial charge in [-0.3, -0.25) is 4.57 Å². The van der Waals surface area contributed by atoms with Crippen LogP contribution in [0.25, 0.3) is 11.2 Å². The zero-order valence-corrected chi connectivity index (χ0v) is 17.1. The first-order valence-corrected chi connectivity index (χ1v) is 10.3. The Morgan fingerprint density at radius 3 is 2.35 bits per heavy atom. The summed E-state index contributed by atoms with van der Waals surface area (Å²) in [5.41, 5.74) is 6.37. The van der Waals surface area contributed by atoms with Gasteiger partial charge in [0.2, 0.25) is 5.95 Å². The van der Waals surface area contributed by atoms with Gasteiger partial charge in [-0.1, -0.05) is 16.8 Å². The standard InChI is InChI=1S/C14H24ClN6O4P/c1-8(2)24-26(22,25-9(3)4)7-23-10(5)6-21-13-11(19-20-21)12(15)17-14(16)18-13/h8-10H,6-7H2,1-5H3,(H2,16,17,18)/t10-/m1/s1. The first-order valence-electron chi connectivity index (χ1n) is 8.19. The summed E-state index contributed by atoms with van der Waals surface area (Å²) in [7, 11) is -3.37. The van der Waals surface area contributed by atoms with Gasteiger partial charge in [0.25, 0.3) is 0 Å². The summed E-state index contributed by atoms with van der Waals surface area (Å²) in [6.45, 7) is 9.25. The van der Waals surface area contributed by atoms with E-state index >= 15 is 0 Å². The number of ether oxygens (including phenoxy) is 1. The highest BCUT2D eigenvalue weighted by atomic mass is 35.5. The van der Waals surface area contributed by atoms with E-state index < -0.39 is 7.60 Å². The SMILES string of the molecule is CC(C)OP(=O)(CO[C@H](C)Cn1nnc2c(Cl)nc(N)nc21)OC(C)C. The summed E-state index contributed by atoms with van der Waals surface area (Å²) in [6.07, 6.45) is -1.04. The number of nitrogens with two attached hydrogens (primary N) is 1. The summed E-state index contributed by atoms with van der Waals surface area (Å²) >= 11 is 5.98.